The molecule has 0 aliphatic carbocycles. The number of anilines is 1. The van der Waals surface area contributed by atoms with Crippen LogP contribution in [0.2, 0.25) is 5.02 Å². The highest BCUT2D eigenvalue weighted by molar-refractivity contribution is 6.32. The van der Waals surface area contributed by atoms with Gasteiger partial charge < -0.3 is 10.5 Å². The fraction of sp³-hybridized carbons (Fsp3) is 0.391. The van der Waals surface area contributed by atoms with Crippen molar-refractivity contribution in [1.82, 2.24) is 0 Å². The number of nitrogens with two attached hydrogens (primary N) is 1. The molecule has 0 bridgehead atoms. The van der Waals surface area contributed by atoms with Crippen molar-refractivity contribution in [2.45, 2.75) is 45.4 Å². The monoisotopic (exact) mass is 416 g/mol. The van der Waals surface area contributed by atoms with Crippen LogP contribution >= 0.6 is 11.6 Å². The molecule has 2 N–H and O–H groups in total. The van der Waals surface area contributed by atoms with Crippen molar-refractivity contribution >= 4 is 29.1 Å². The number of halogens is 1. The van der Waals surface area contributed by atoms with Gasteiger partial charge in [0.15, 0.2) is 0 Å². The maximum absolute atomic E-state index is 10.6. The number of ether oxygens (including phenoxy) is 1. The van der Waals surface area contributed by atoms with E-state index in [9.17, 15) is 10.1 Å². The first-order valence-corrected chi connectivity index (χ1v) is 10.4. The Bertz CT molecular complexity index is 846. The first-order chi connectivity index (χ1) is 14.0. The molecular weight excluding hydrogens is 388 g/mol. The van der Waals surface area contributed by atoms with Gasteiger partial charge in [-0.15, -0.1) is 0 Å². The van der Waals surface area contributed by atoms with Gasteiger partial charge in [-0.25, -0.2) is 0 Å². The number of rotatable bonds is 5. The second kappa shape index (κ2) is 11.6. The molecule has 3 rings (SSSR count). The fourth-order valence-electron chi connectivity index (χ4n) is 3.57. The zero-order chi connectivity index (χ0) is 21.2. The molecule has 0 atom stereocenters. The molecule has 0 unspecified atom stereocenters. The van der Waals surface area contributed by atoms with Crippen LogP contribution in [0, 0.1) is 10.1 Å². The number of nitrogens with zero attached hydrogens (tertiary/aromatic N) is 1. The Morgan fingerprint density at radius 1 is 1.24 bits per heavy atom. The third kappa shape index (κ3) is 6.31. The third-order valence-electron chi connectivity index (χ3n) is 4.97. The Balaban J connectivity index is 0.000000212. The Labute approximate surface area is 177 Å². The van der Waals surface area contributed by atoms with Crippen LogP contribution in [0.1, 0.15) is 55.7 Å². The van der Waals surface area contributed by atoms with Gasteiger partial charge in [0.25, 0.3) is 5.69 Å². The number of nitrogen functional groups attached to an aromatic ring is 1. The molecule has 5 nitrogen and oxygen atoms in total. The lowest BCUT2D eigenvalue weighted by Gasteiger charge is -2.25. The number of hydrogen-bond donors (Lipinski definition) is 1. The van der Waals surface area contributed by atoms with Crippen molar-refractivity contribution in [2.24, 2.45) is 0 Å². The van der Waals surface area contributed by atoms with Crippen molar-refractivity contribution in [1.29, 1.82) is 0 Å². The SMILES string of the molecule is CC=Cc1c(Cl)cccc1[N+](=O)[O-].CCCc1c(N)cccc1C1CCOCC1. The predicted molar refractivity (Wildman–Crippen MR) is 120 cm³/mol. The zero-order valence-corrected chi connectivity index (χ0v) is 17.8. The topological polar surface area (TPSA) is 78.4 Å². The van der Waals surface area contributed by atoms with Crippen LogP contribution in [0.5, 0.6) is 0 Å². The van der Waals surface area contributed by atoms with E-state index in [-0.39, 0.29) is 5.69 Å². The summed E-state index contributed by atoms with van der Waals surface area (Å²) >= 11 is 5.80. The average molecular weight is 417 g/mol. The van der Waals surface area contributed by atoms with E-state index in [0.717, 1.165) is 44.6 Å². The number of nitro groups is 1. The van der Waals surface area contributed by atoms with Crippen LogP contribution in [0.25, 0.3) is 6.08 Å². The molecule has 6 heteroatoms. The van der Waals surface area contributed by atoms with Gasteiger partial charge in [0.1, 0.15) is 0 Å². The highest BCUT2D eigenvalue weighted by atomic mass is 35.5. The van der Waals surface area contributed by atoms with Gasteiger partial charge in [-0.3, -0.25) is 10.1 Å². The Morgan fingerprint density at radius 2 is 1.93 bits per heavy atom. The molecule has 0 amide bonds. The standard InChI is InChI=1S/C14H21NO.C9H8ClNO2/c1-2-4-13-12(5-3-6-14(13)15)11-7-9-16-10-8-11;1-2-4-7-8(10)5-3-6-9(7)11(12)13/h3,5-6,11H,2,4,7-10,15H2,1H3;2-6H,1H3. The molecule has 0 radical (unpaired) electrons. The normalized spacial score (nSPS) is 14.4. The molecular formula is C23H29ClN2O3. The van der Waals surface area contributed by atoms with Crippen LogP contribution < -0.4 is 5.73 Å². The minimum atomic E-state index is -0.443. The van der Waals surface area contributed by atoms with E-state index in [1.165, 1.54) is 17.2 Å². The predicted octanol–water partition coefficient (Wildman–Crippen LogP) is 6.40. The van der Waals surface area contributed by atoms with Crippen LogP contribution in [-0.2, 0) is 11.2 Å². The van der Waals surface area contributed by atoms with Crippen molar-refractivity contribution in [3.63, 3.8) is 0 Å². The van der Waals surface area contributed by atoms with E-state index in [0.29, 0.717) is 16.5 Å². The summed E-state index contributed by atoms with van der Waals surface area (Å²) in [5.41, 5.74) is 10.4. The van der Waals surface area contributed by atoms with Crippen LogP contribution in [0.15, 0.2) is 42.5 Å². The molecule has 156 valence electrons. The first-order valence-electron chi connectivity index (χ1n) is 10.00. The van der Waals surface area contributed by atoms with Gasteiger partial charge in [0, 0.05) is 25.0 Å². The zero-order valence-electron chi connectivity index (χ0n) is 17.1. The molecule has 1 aliphatic rings. The average Bonchev–Trinajstić information content (AvgIpc) is 2.72. The van der Waals surface area contributed by atoms with Gasteiger partial charge in [0.2, 0.25) is 0 Å². The Hall–Kier alpha value is -2.37. The lowest BCUT2D eigenvalue weighted by molar-refractivity contribution is -0.385. The van der Waals surface area contributed by atoms with E-state index in [4.69, 9.17) is 22.1 Å². The van der Waals surface area contributed by atoms with Crippen molar-refractivity contribution in [3.8, 4) is 0 Å². The lowest BCUT2D eigenvalue weighted by atomic mass is 9.86. The summed E-state index contributed by atoms with van der Waals surface area (Å²) in [6.07, 6.45) is 7.87. The van der Waals surface area contributed by atoms with Crippen molar-refractivity contribution < 1.29 is 9.66 Å². The lowest BCUT2D eigenvalue weighted by Crippen LogP contribution is -2.16. The maximum atomic E-state index is 10.6. The fourth-order valence-corrected chi connectivity index (χ4v) is 3.80. The molecule has 2 aromatic rings. The van der Waals surface area contributed by atoms with Gasteiger partial charge in [-0.05, 0) is 55.4 Å². The van der Waals surface area contributed by atoms with E-state index >= 15 is 0 Å². The summed E-state index contributed by atoms with van der Waals surface area (Å²) in [7, 11) is 0. The van der Waals surface area contributed by atoms with E-state index in [1.807, 2.05) is 6.07 Å². The smallest absolute Gasteiger partial charge is 0.278 e. The van der Waals surface area contributed by atoms with E-state index in [1.54, 1.807) is 31.2 Å². The van der Waals surface area contributed by atoms with Crippen LogP contribution in [0.4, 0.5) is 11.4 Å². The molecule has 0 aromatic heterocycles. The summed E-state index contributed by atoms with van der Waals surface area (Å²) in [6, 6.07) is 11.0. The molecule has 1 heterocycles. The minimum absolute atomic E-state index is 0.0330. The number of hydrogen-bond acceptors (Lipinski definition) is 4. The number of allylic oxidation sites excluding steroid dienone is 1. The third-order valence-corrected chi connectivity index (χ3v) is 5.30. The number of nitro benzene ring substituents is 1. The molecule has 29 heavy (non-hydrogen) atoms. The van der Waals surface area contributed by atoms with Gasteiger partial charge in [-0.2, -0.15) is 0 Å². The molecule has 2 aromatic carbocycles. The highest BCUT2D eigenvalue weighted by Crippen LogP contribution is 2.32. The summed E-state index contributed by atoms with van der Waals surface area (Å²) in [5.74, 6) is 0.652. The summed E-state index contributed by atoms with van der Waals surface area (Å²) in [6.45, 7) is 5.78. The summed E-state index contributed by atoms with van der Waals surface area (Å²) in [4.78, 5) is 10.1. The van der Waals surface area contributed by atoms with Crippen molar-refractivity contribution in [2.75, 3.05) is 18.9 Å². The molecule has 1 aliphatic heterocycles. The Morgan fingerprint density at radius 3 is 2.55 bits per heavy atom. The first kappa shape index (κ1) is 22.9. The quantitative estimate of drug-likeness (QED) is 0.347. The minimum Gasteiger partial charge on any atom is -0.398 e. The molecule has 1 saturated heterocycles. The second-order valence-corrected chi connectivity index (χ2v) is 7.39. The maximum Gasteiger partial charge on any atom is 0.278 e. The van der Waals surface area contributed by atoms with Crippen molar-refractivity contribution in [3.05, 3.63) is 74.3 Å². The van der Waals surface area contributed by atoms with E-state index < -0.39 is 4.92 Å². The molecule has 1 fully saturated rings. The molecule has 0 saturated carbocycles. The van der Waals surface area contributed by atoms with Gasteiger partial charge in [-0.1, -0.05) is 55.3 Å². The largest absolute Gasteiger partial charge is 0.398 e. The van der Waals surface area contributed by atoms with E-state index in [2.05, 4.69) is 19.1 Å². The van der Waals surface area contributed by atoms with Crippen LogP contribution in [-0.4, -0.2) is 18.1 Å². The van der Waals surface area contributed by atoms with Gasteiger partial charge in [0.05, 0.1) is 15.5 Å². The second-order valence-electron chi connectivity index (χ2n) is 6.98. The van der Waals surface area contributed by atoms with Gasteiger partial charge >= 0.3 is 0 Å². The summed E-state index contributed by atoms with van der Waals surface area (Å²) < 4.78 is 5.42. The molecule has 0 spiro atoms. The highest BCUT2D eigenvalue weighted by Gasteiger charge is 2.19. The number of benzene rings is 2. The summed E-state index contributed by atoms with van der Waals surface area (Å²) in [5, 5.41) is 11.0. The van der Waals surface area contributed by atoms with Crippen LogP contribution in [0.3, 0.4) is 0 Å². The Kier molecular flexibility index (Phi) is 9.16.